The van der Waals surface area contributed by atoms with E-state index in [4.69, 9.17) is 33.7 Å². The van der Waals surface area contributed by atoms with Crippen molar-refractivity contribution < 1.29 is 19.1 Å². The molecule has 11 heteroatoms. The van der Waals surface area contributed by atoms with Crippen LogP contribution in [0.3, 0.4) is 0 Å². The number of hydrogen-bond acceptors (Lipinski definition) is 6. The first kappa shape index (κ1) is 33.1. The van der Waals surface area contributed by atoms with Crippen LogP contribution in [0.4, 0.5) is 0 Å². The number of piperazine rings is 1. The lowest BCUT2D eigenvalue weighted by atomic mass is 9.79. The minimum absolute atomic E-state index is 0.000789. The zero-order valence-corrected chi connectivity index (χ0v) is 26.4. The van der Waals surface area contributed by atoms with Crippen LogP contribution in [0.1, 0.15) is 49.7 Å². The third-order valence-electron chi connectivity index (χ3n) is 8.63. The lowest BCUT2D eigenvalue weighted by molar-refractivity contribution is -0.139. The van der Waals surface area contributed by atoms with Gasteiger partial charge in [-0.1, -0.05) is 60.7 Å². The molecule has 3 amide bonds. The lowest BCUT2D eigenvalue weighted by Crippen LogP contribution is -2.63. The van der Waals surface area contributed by atoms with E-state index in [-0.39, 0.29) is 42.6 Å². The monoisotopic (exact) mass is 631 g/mol. The Morgan fingerprint density at radius 1 is 0.977 bits per heavy atom. The van der Waals surface area contributed by atoms with Gasteiger partial charge in [0.25, 0.3) is 0 Å². The summed E-state index contributed by atoms with van der Waals surface area (Å²) < 4.78 is 5.22. The third kappa shape index (κ3) is 9.08. The van der Waals surface area contributed by atoms with E-state index in [1.165, 1.54) is 6.42 Å². The van der Waals surface area contributed by atoms with E-state index in [0.717, 1.165) is 42.6 Å². The van der Waals surface area contributed by atoms with Gasteiger partial charge in [0, 0.05) is 67.7 Å². The van der Waals surface area contributed by atoms with Crippen molar-refractivity contribution in [2.45, 2.75) is 62.9 Å². The number of carbonyl (C=O) groups is 3. The number of rotatable bonds is 12. The smallest absolute Gasteiger partial charge is 0.245 e. The Morgan fingerprint density at radius 2 is 1.67 bits per heavy atom. The molecule has 0 unspecified atom stereocenters. The molecule has 1 saturated heterocycles. The number of nitrogens with two attached hydrogens (primary N) is 1. The van der Waals surface area contributed by atoms with Crippen LogP contribution in [0.2, 0.25) is 10.0 Å². The molecule has 2 aliphatic rings. The van der Waals surface area contributed by atoms with E-state index in [1.54, 1.807) is 25.3 Å². The molecule has 1 aliphatic heterocycles. The molecule has 1 atom stereocenters. The molecule has 1 aliphatic carbocycles. The molecule has 2 aromatic carbocycles. The first-order valence-corrected chi connectivity index (χ1v) is 15.9. The van der Waals surface area contributed by atoms with Crippen molar-refractivity contribution >= 4 is 40.9 Å². The summed E-state index contributed by atoms with van der Waals surface area (Å²) >= 11 is 12.5. The highest BCUT2D eigenvalue weighted by Crippen LogP contribution is 2.34. The molecule has 4 N–H and O–H groups in total. The molecule has 0 spiro atoms. The van der Waals surface area contributed by atoms with Crippen molar-refractivity contribution in [3.63, 3.8) is 0 Å². The number of ether oxygens (including phenoxy) is 1. The van der Waals surface area contributed by atoms with Crippen molar-refractivity contribution in [2.75, 3.05) is 46.4 Å². The van der Waals surface area contributed by atoms with Crippen LogP contribution in [0.25, 0.3) is 0 Å². The van der Waals surface area contributed by atoms with Crippen LogP contribution in [0.5, 0.6) is 5.75 Å². The average molecular weight is 633 g/mol. The van der Waals surface area contributed by atoms with Crippen molar-refractivity contribution in [3.8, 4) is 5.75 Å². The van der Waals surface area contributed by atoms with Crippen LogP contribution in [0, 0.1) is 0 Å². The number of nitrogens with zero attached hydrogens (tertiary/aromatic N) is 2. The van der Waals surface area contributed by atoms with Gasteiger partial charge in [0.05, 0.1) is 13.5 Å². The first-order valence-electron chi connectivity index (χ1n) is 15.1. The zero-order valence-electron chi connectivity index (χ0n) is 24.9. The van der Waals surface area contributed by atoms with Gasteiger partial charge in [0.15, 0.2) is 0 Å². The molecule has 43 heavy (non-hydrogen) atoms. The molecule has 2 aromatic rings. The number of amides is 3. The van der Waals surface area contributed by atoms with E-state index in [9.17, 15) is 14.4 Å². The molecular formula is C32H43Cl2N5O4. The van der Waals surface area contributed by atoms with Crippen molar-refractivity contribution in [3.05, 3.63) is 63.6 Å². The predicted octanol–water partition coefficient (Wildman–Crippen LogP) is 3.58. The Hall–Kier alpha value is -2.85. The van der Waals surface area contributed by atoms with E-state index in [1.807, 2.05) is 29.2 Å². The summed E-state index contributed by atoms with van der Waals surface area (Å²) in [6, 6.07) is 12.0. The summed E-state index contributed by atoms with van der Waals surface area (Å²) in [7, 11) is 1.62. The van der Waals surface area contributed by atoms with Gasteiger partial charge < -0.3 is 26.0 Å². The topological polar surface area (TPSA) is 117 Å². The fourth-order valence-corrected chi connectivity index (χ4v) is 6.68. The molecule has 4 rings (SSSR count). The van der Waals surface area contributed by atoms with Crippen molar-refractivity contribution in [1.29, 1.82) is 0 Å². The number of nitrogens with one attached hydrogen (secondary N) is 2. The number of methoxy groups -OCH3 is 1. The van der Waals surface area contributed by atoms with Crippen LogP contribution in [-0.4, -0.2) is 85.5 Å². The van der Waals surface area contributed by atoms with Gasteiger partial charge in [0.2, 0.25) is 17.7 Å². The van der Waals surface area contributed by atoms with Crippen LogP contribution in [-0.2, 0) is 27.2 Å². The van der Waals surface area contributed by atoms with Crippen LogP contribution in [0.15, 0.2) is 42.5 Å². The summed E-state index contributed by atoms with van der Waals surface area (Å²) in [6.07, 6.45) is 6.16. The standard InChI is InChI=1S/C32H43Cl2N5O4/c1-43-26-9-5-23(6-10-26)19-30(41)36-22-32(12-3-2-4-13-32)39-17-15-38(16-18-39)31(42)28(37-29(40)11-14-35)20-24-7-8-25(33)21-27(24)34/h5-10,21,28H,2-4,11-20,22,35H2,1H3,(H,36,41)(H,37,40)/t28-/m1/s1. The second kappa shape index (κ2) is 15.7. The number of hydrogen-bond donors (Lipinski definition) is 3. The highest BCUT2D eigenvalue weighted by molar-refractivity contribution is 6.35. The van der Waals surface area contributed by atoms with Gasteiger partial charge in [-0.2, -0.15) is 0 Å². The number of halogens is 2. The largest absolute Gasteiger partial charge is 0.497 e. The average Bonchev–Trinajstić information content (AvgIpc) is 3.01. The van der Waals surface area contributed by atoms with Gasteiger partial charge >= 0.3 is 0 Å². The summed E-state index contributed by atoms with van der Waals surface area (Å²) in [5.74, 6) is 0.361. The molecule has 1 saturated carbocycles. The quantitative estimate of drug-likeness (QED) is 0.330. The Kier molecular flexibility index (Phi) is 12.1. The van der Waals surface area contributed by atoms with Gasteiger partial charge in [-0.05, 0) is 48.2 Å². The molecule has 1 heterocycles. The van der Waals surface area contributed by atoms with Crippen LogP contribution >= 0.6 is 23.2 Å². The van der Waals surface area contributed by atoms with Crippen molar-refractivity contribution in [2.24, 2.45) is 5.73 Å². The summed E-state index contributed by atoms with van der Waals surface area (Å²) in [6.45, 7) is 3.26. The first-order chi connectivity index (χ1) is 20.7. The predicted molar refractivity (Wildman–Crippen MR) is 169 cm³/mol. The molecule has 234 valence electrons. The summed E-state index contributed by atoms with van der Waals surface area (Å²) in [5, 5.41) is 7.06. The Balaban J connectivity index is 1.38. The van der Waals surface area contributed by atoms with Crippen molar-refractivity contribution in [1.82, 2.24) is 20.4 Å². The van der Waals surface area contributed by atoms with E-state index in [2.05, 4.69) is 15.5 Å². The molecule has 0 bridgehead atoms. The minimum atomic E-state index is -0.759. The lowest BCUT2D eigenvalue weighted by Gasteiger charge is -2.50. The molecule has 9 nitrogen and oxygen atoms in total. The Morgan fingerprint density at radius 3 is 2.30 bits per heavy atom. The van der Waals surface area contributed by atoms with Crippen LogP contribution < -0.4 is 21.1 Å². The second-order valence-corrected chi connectivity index (χ2v) is 12.3. The van der Waals surface area contributed by atoms with Gasteiger partial charge in [-0.3, -0.25) is 19.3 Å². The Bertz CT molecular complexity index is 1240. The number of benzene rings is 2. The maximum Gasteiger partial charge on any atom is 0.245 e. The normalized spacial score (nSPS) is 17.6. The van der Waals surface area contributed by atoms with E-state index in [0.29, 0.717) is 49.2 Å². The second-order valence-electron chi connectivity index (χ2n) is 11.5. The zero-order chi connectivity index (χ0) is 30.8. The highest BCUT2D eigenvalue weighted by atomic mass is 35.5. The maximum absolute atomic E-state index is 13.7. The SMILES string of the molecule is COc1ccc(CC(=O)NCC2(N3CCN(C(=O)[C@@H](Cc4ccc(Cl)cc4Cl)NC(=O)CCN)CC3)CCCCC2)cc1. The summed E-state index contributed by atoms with van der Waals surface area (Å²) in [5.41, 5.74) is 7.13. The third-order valence-corrected chi connectivity index (χ3v) is 9.22. The minimum Gasteiger partial charge on any atom is -0.497 e. The molecule has 0 aromatic heterocycles. The maximum atomic E-state index is 13.7. The molecule has 0 radical (unpaired) electrons. The molecular weight excluding hydrogens is 589 g/mol. The van der Waals surface area contributed by atoms with E-state index < -0.39 is 6.04 Å². The number of carbonyl (C=O) groups excluding carboxylic acids is 3. The van der Waals surface area contributed by atoms with Gasteiger partial charge in [-0.15, -0.1) is 0 Å². The van der Waals surface area contributed by atoms with Gasteiger partial charge in [0.1, 0.15) is 11.8 Å². The summed E-state index contributed by atoms with van der Waals surface area (Å²) in [4.78, 5) is 43.4. The fraction of sp³-hybridized carbons (Fsp3) is 0.531. The van der Waals surface area contributed by atoms with Gasteiger partial charge in [-0.25, -0.2) is 0 Å². The molecule has 2 fully saturated rings. The highest BCUT2D eigenvalue weighted by Gasteiger charge is 2.40. The van der Waals surface area contributed by atoms with E-state index >= 15 is 0 Å². The fourth-order valence-electron chi connectivity index (χ4n) is 6.20. The Labute approximate surface area is 264 Å².